The molecule has 0 radical (unpaired) electrons. The van der Waals surface area contributed by atoms with E-state index in [-0.39, 0.29) is 11.7 Å². The van der Waals surface area contributed by atoms with Crippen LogP contribution in [0.25, 0.3) is 0 Å². The Bertz CT molecular complexity index is 358. The molecule has 0 spiro atoms. The van der Waals surface area contributed by atoms with Crippen molar-refractivity contribution in [2.24, 2.45) is 0 Å². The second-order valence-corrected chi connectivity index (χ2v) is 5.27. The van der Waals surface area contributed by atoms with Crippen LogP contribution in [0.1, 0.15) is 53.0 Å². The van der Waals surface area contributed by atoms with E-state index in [1.165, 1.54) is 12.0 Å². The normalized spacial score (nSPS) is 13.4. The first-order valence-electron chi connectivity index (χ1n) is 6.89. The molecule has 0 heterocycles. The molecule has 18 heavy (non-hydrogen) atoms. The van der Waals surface area contributed by atoms with Gasteiger partial charge in [0.15, 0.2) is 6.29 Å². The van der Waals surface area contributed by atoms with E-state index in [0.29, 0.717) is 6.61 Å². The Labute approximate surface area is 111 Å². The molecule has 0 aromatic heterocycles. The Balaban J connectivity index is 2.92. The second kappa shape index (κ2) is 6.79. The van der Waals surface area contributed by atoms with E-state index in [9.17, 15) is 0 Å². The van der Waals surface area contributed by atoms with Crippen LogP contribution in [0.15, 0.2) is 24.3 Å². The van der Waals surface area contributed by atoms with Crippen LogP contribution in [0.4, 0.5) is 0 Å². The van der Waals surface area contributed by atoms with E-state index >= 15 is 0 Å². The highest BCUT2D eigenvalue weighted by Gasteiger charge is 2.23. The van der Waals surface area contributed by atoms with Crippen molar-refractivity contribution in [2.75, 3.05) is 6.61 Å². The smallest absolute Gasteiger partial charge is 0.196 e. The highest BCUT2D eigenvalue weighted by atomic mass is 16.7. The lowest BCUT2D eigenvalue weighted by molar-refractivity contribution is -0.0621. The molecular weight excluding hydrogens is 224 g/mol. The summed E-state index contributed by atoms with van der Waals surface area (Å²) in [6, 6.07) is 8.27. The van der Waals surface area contributed by atoms with E-state index in [1.807, 2.05) is 26.0 Å². The molecule has 0 N–H and O–H groups in total. The number of para-hydroxylation sites is 1. The molecule has 1 aromatic rings. The van der Waals surface area contributed by atoms with Crippen molar-refractivity contribution in [3.8, 4) is 5.75 Å². The Kier molecular flexibility index (Phi) is 5.67. The fourth-order valence-corrected chi connectivity index (χ4v) is 2.34. The van der Waals surface area contributed by atoms with Crippen LogP contribution >= 0.6 is 0 Å². The topological polar surface area (TPSA) is 18.5 Å². The average molecular weight is 250 g/mol. The molecule has 1 atom stereocenters. The van der Waals surface area contributed by atoms with Crippen molar-refractivity contribution in [2.45, 2.75) is 59.2 Å². The molecule has 0 amide bonds. The minimum atomic E-state index is -0.200. The second-order valence-electron chi connectivity index (χ2n) is 5.27. The monoisotopic (exact) mass is 250 g/mol. The van der Waals surface area contributed by atoms with Gasteiger partial charge in [-0.05, 0) is 37.3 Å². The lowest BCUT2D eigenvalue weighted by Crippen LogP contribution is -2.22. The predicted molar refractivity (Wildman–Crippen MR) is 76.1 cm³/mol. The van der Waals surface area contributed by atoms with E-state index in [0.717, 1.165) is 12.2 Å². The molecule has 0 aliphatic carbocycles. The summed E-state index contributed by atoms with van der Waals surface area (Å²) in [5, 5.41) is 0. The van der Waals surface area contributed by atoms with Crippen molar-refractivity contribution in [3.05, 3.63) is 29.8 Å². The summed E-state index contributed by atoms with van der Waals surface area (Å²) in [5.74, 6) is 0.942. The van der Waals surface area contributed by atoms with Crippen LogP contribution in [0.3, 0.4) is 0 Å². The summed E-state index contributed by atoms with van der Waals surface area (Å²) >= 11 is 0. The van der Waals surface area contributed by atoms with Crippen LogP contribution in [0.2, 0.25) is 0 Å². The molecule has 1 aromatic carbocycles. The lowest BCUT2D eigenvalue weighted by Gasteiger charge is -2.28. The van der Waals surface area contributed by atoms with E-state index in [1.54, 1.807) is 0 Å². The number of hydrogen-bond donors (Lipinski definition) is 0. The van der Waals surface area contributed by atoms with Crippen LogP contribution in [-0.4, -0.2) is 12.9 Å². The summed E-state index contributed by atoms with van der Waals surface area (Å²) in [5.41, 5.74) is 1.40. The first-order valence-corrected chi connectivity index (χ1v) is 6.89. The number of rotatable bonds is 7. The molecule has 0 aliphatic heterocycles. The maximum Gasteiger partial charge on any atom is 0.196 e. The van der Waals surface area contributed by atoms with Crippen LogP contribution < -0.4 is 4.74 Å². The molecule has 2 nitrogen and oxygen atoms in total. The first kappa shape index (κ1) is 15.0. The van der Waals surface area contributed by atoms with Crippen LogP contribution in [0, 0.1) is 0 Å². The van der Waals surface area contributed by atoms with Crippen molar-refractivity contribution in [1.29, 1.82) is 0 Å². The molecular formula is C16H26O2. The summed E-state index contributed by atoms with van der Waals surface area (Å²) in [7, 11) is 0. The summed E-state index contributed by atoms with van der Waals surface area (Å²) in [6.07, 6.45) is 2.12. The lowest BCUT2D eigenvalue weighted by atomic mass is 9.80. The maximum atomic E-state index is 5.90. The number of benzene rings is 1. The van der Waals surface area contributed by atoms with Gasteiger partial charge in [-0.1, -0.05) is 45.4 Å². The molecule has 0 fully saturated rings. The van der Waals surface area contributed by atoms with E-state index in [2.05, 4.69) is 32.9 Å². The summed E-state index contributed by atoms with van der Waals surface area (Å²) in [4.78, 5) is 0. The van der Waals surface area contributed by atoms with Gasteiger partial charge >= 0.3 is 0 Å². The fraction of sp³-hybridized carbons (Fsp3) is 0.625. The van der Waals surface area contributed by atoms with Gasteiger partial charge in [0.1, 0.15) is 5.75 Å². The first-order chi connectivity index (χ1) is 8.51. The third-order valence-corrected chi connectivity index (χ3v) is 3.19. The zero-order valence-electron chi connectivity index (χ0n) is 12.3. The van der Waals surface area contributed by atoms with Crippen LogP contribution in [0.5, 0.6) is 5.75 Å². The average Bonchev–Trinajstić information content (AvgIpc) is 2.29. The minimum Gasteiger partial charge on any atom is -0.465 e. The number of hydrogen-bond acceptors (Lipinski definition) is 2. The minimum absolute atomic E-state index is 0.136. The van der Waals surface area contributed by atoms with Crippen molar-refractivity contribution in [3.63, 3.8) is 0 Å². The van der Waals surface area contributed by atoms with Gasteiger partial charge in [-0.3, -0.25) is 0 Å². The molecule has 102 valence electrons. The Morgan fingerprint density at radius 1 is 1.17 bits per heavy atom. The van der Waals surface area contributed by atoms with Gasteiger partial charge in [-0.15, -0.1) is 0 Å². The molecule has 2 heteroatoms. The van der Waals surface area contributed by atoms with E-state index < -0.39 is 0 Å². The van der Waals surface area contributed by atoms with Gasteiger partial charge in [0.25, 0.3) is 0 Å². The third-order valence-electron chi connectivity index (χ3n) is 3.19. The highest BCUT2D eigenvalue weighted by Crippen LogP contribution is 2.35. The maximum absolute atomic E-state index is 5.90. The molecule has 0 bridgehead atoms. The van der Waals surface area contributed by atoms with Gasteiger partial charge < -0.3 is 9.47 Å². The van der Waals surface area contributed by atoms with Gasteiger partial charge in [0.2, 0.25) is 0 Å². The summed E-state index contributed by atoms with van der Waals surface area (Å²) in [6.45, 7) is 11.3. The number of ether oxygens (including phenoxy) is 2. The van der Waals surface area contributed by atoms with Gasteiger partial charge in [0, 0.05) is 6.61 Å². The fourth-order valence-electron chi connectivity index (χ4n) is 2.34. The Hall–Kier alpha value is -1.02. The Morgan fingerprint density at radius 3 is 2.44 bits per heavy atom. The van der Waals surface area contributed by atoms with Crippen LogP contribution in [-0.2, 0) is 10.2 Å². The quantitative estimate of drug-likeness (QED) is 0.662. The third kappa shape index (κ3) is 4.02. The Morgan fingerprint density at radius 2 is 1.83 bits per heavy atom. The molecule has 1 unspecified atom stereocenters. The SMILES string of the molecule is CCCC(C)(C)c1ccccc1OC(C)OCC. The predicted octanol–water partition coefficient (Wildman–Crippen LogP) is 4.53. The largest absolute Gasteiger partial charge is 0.465 e. The summed E-state index contributed by atoms with van der Waals surface area (Å²) < 4.78 is 11.3. The van der Waals surface area contributed by atoms with E-state index in [4.69, 9.17) is 9.47 Å². The van der Waals surface area contributed by atoms with Gasteiger partial charge in [-0.25, -0.2) is 0 Å². The van der Waals surface area contributed by atoms with Gasteiger partial charge in [0.05, 0.1) is 0 Å². The van der Waals surface area contributed by atoms with Crippen molar-refractivity contribution in [1.82, 2.24) is 0 Å². The van der Waals surface area contributed by atoms with Crippen molar-refractivity contribution < 1.29 is 9.47 Å². The molecule has 0 saturated heterocycles. The van der Waals surface area contributed by atoms with Crippen molar-refractivity contribution >= 4 is 0 Å². The van der Waals surface area contributed by atoms with Gasteiger partial charge in [-0.2, -0.15) is 0 Å². The highest BCUT2D eigenvalue weighted by molar-refractivity contribution is 5.38. The molecule has 0 aliphatic rings. The standard InChI is InChI=1S/C16H26O2/c1-6-12-16(4,5)14-10-8-9-11-15(14)18-13(3)17-7-2/h8-11,13H,6-7,12H2,1-5H3. The molecule has 1 rings (SSSR count). The zero-order valence-corrected chi connectivity index (χ0v) is 12.3. The molecule has 0 saturated carbocycles. The zero-order chi connectivity index (χ0) is 13.6.